The first-order valence-corrected chi connectivity index (χ1v) is 6.83. The number of hydrogen-bond acceptors (Lipinski definition) is 2. The fourth-order valence-corrected chi connectivity index (χ4v) is 2.42. The number of methoxy groups -OCH3 is 1. The fourth-order valence-electron chi connectivity index (χ4n) is 2.42. The largest absolute Gasteiger partial charge is 0.496 e. The minimum atomic E-state index is 0.922. The van der Waals surface area contributed by atoms with Crippen molar-refractivity contribution < 1.29 is 4.74 Å². The van der Waals surface area contributed by atoms with Gasteiger partial charge in [0.05, 0.1) is 12.6 Å². The van der Waals surface area contributed by atoms with E-state index in [-0.39, 0.29) is 0 Å². The lowest BCUT2D eigenvalue weighted by atomic mass is 10.1. The molecule has 0 aliphatic carbocycles. The standard InChI is InChI=1S/C18H17NO/c1-20-18-9-5-3-7-15(18)11-13-16-12-10-14-6-2-4-8-17(14)19-16/h2-10,12H,11,13H2,1H3. The summed E-state index contributed by atoms with van der Waals surface area (Å²) in [6.45, 7) is 0. The number of ether oxygens (including phenoxy) is 1. The molecular formula is C18H17NO. The normalized spacial score (nSPS) is 10.7. The van der Waals surface area contributed by atoms with Gasteiger partial charge >= 0.3 is 0 Å². The average Bonchev–Trinajstić information content (AvgIpc) is 2.53. The summed E-state index contributed by atoms with van der Waals surface area (Å²) in [5.74, 6) is 0.952. The monoisotopic (exact) mass is 263 g/mol. The Kier molecular flexibility index (Phi) is 3.64. The first-order chi connectivity index (χ1) is 9.86. The number of hydrogen-bond donors (Lipinski definition) is 0. The highest BCUT2D eigenvalue weighted by atomic mass is 16.5. The van der Waals surface area contributed by atoms with Gasteiger partial charge in [-0.15, -0.1) is 0 Å². The summed E-state index contributed by atoms with van der Waals surface area (Å²) in [7, 11) is 1.72. The van der Waals surface area contributed by atoms with Crippen molar-refractivity contribution in [3.8, 4) is 5.75 Å². The zero-order valence-corrected chi connectivity index (χ0v) is 11.5. The van der Waals surface area contributed by atoms with Gasteiger partial charge in [0, 0.05) is 11.1 Å². The third-order valence-electron chi connectivity index (χ3n) is 3.50. The predicted molar refractivity (Wildman–Crippen MR) is 82.1 cm³/mol. The Morgan fingerprint density at radius 1 is 0.850 bits per heavy atom. The van der Waals surface area contributed by atoms with Crippen LogP contribution in [0.4, 0.5) is 0 Å². The highest BCUT2D eigenvalue weighted by molar-refractivity contribution is 5.78. The van der Waals surface area contributed by atoms with Crippen LogP contribution in [0.3, 0.4) is 0 Å². The van der Waals surface area contributed by atoms with Gasteiger partial charge in [-0.2, -0.15) is 0 Å². The highest BCUT2D eigenvalue weighted by Gasteiger charge is 2.03. The van der Waals surface area contributed by atoms with E-state index in [1.807, 2.05) is 30.3 Å². The van der Waals surface area contributed by atoms with E-state index < -0.39 is 0 Å². The minimum absolute atomic E-state index is 0.922. The maximum absolute atomic E-state index is 5.38. The van der Waals surface area contributed by atoms with E-state index in [2.05, 4.69) is 30.3 Å². The molecule has 3 aromatic rings. The lowest BCUT2D eigenvalue weighted by Gasteiger charge is -2.08. The van der Waals surface area contributed by atoms with Crippen molar-refractivity contribution in [2.75, 3.05) is 7.11 Å². The van der Waals surface area contributed by atoms with Crippen molar-refractivity contribution in [1.82, 2.24) is 4.98 Å². The molecule has 2 nitrogen and oxygen atoms in total. The van der Waals surface area contributed by atoms with E-state index in [0.717, 1.165) is 29.8 Å². The van der Waals surface area contributed by atoms with E-state index in [1.54, 1.807) is 7.11 Å². The summed E-state index contributed by atoms with van der Waals surface area (Å²) in [5.41, 5.74) is 3.41. The second-order valence-electron chi connectivity index (χ2n) is 4.81. The zero-order chi connectivity index (χ0) is 13.8. The molecule has 0 unspecified atom stereocenters. The van der Waals surface area contributed by atoms with Crippen LogP contribution in [0.15, 0.2) is 60.7 Å². The average molecular weight is 263 g/mol. The number of aromatic nitrogens is 1. The molecule has 0 bridgehead atoms. The molecule has 0 fully saturated rings. The molecule has 2 aromatic carbocycles. The predicted octanol–water partition coefficient (Wildman–Crippen LogP) is 4.03. The molecule has 0 aliphatic rings. The number of aryl methyl sites for hydroxylation is 2. The molecule has 0 spiro atoms. The number of para-hydroxylation sites is 2. The van der Waals surface area contributed by atoms with Gasteiger partial charge in [0.2, 0.25) is 0 Å². The molecule has 0 aliphatic heterocycles. The van der Waals surface area contributed by atoms with Crippen LogP contribution >= 0.6 is 0 Å². The molecule has 20 heavy (non-hydrogen) atoms. The SMILES string of the molecule is COc1ccccc1CCc1ccc2ccccc2n1. The molecule has 0 radical (unpaired) electrons. The first kappa shape index (κ1) is 12.7. The quantitative estimate of drug-likeness (QED) is 0.709. The van der Waals surface area contributed by atoms with Gasteiger partial charge in [0.1, 0.15) is 5.75 Å². The third kappa shape index (κ3) is 2.64. The smallest absolute Gasteiger partial charge is 0.122 e. The maximum Gasteiger partial charge on any atom is 0.122 e. The third-order valence-corrected chi connectivity index (χ3v) is 3.50. The van der Waals surface area contributed by atoms with Crippen LogP contribution in [0, 0.1) is 0 Å². The summed E-state index contributed by atoms with van der Waals surface area (Å²) in [6.07, 6.45) is 1.86. The fraction of sp³-hybridized carbons (Fsp3) is 0.167. The van der Waals surface area contributed by atoms with Gasteiger partial charge < -0.3 is 4.74 Å². The van der Waals surface area contributed by atoms with E-state index in [0.29, 0.717) is 0 Å². The van der Waals surface area contributed by atoms with E-state index >= 15 is 0 Å². The van der Waals surface area contributed by atoms with Crippen LogP contribution in [-0.4, -0.2) is 12.1 Å². The van der Waals surface area contributed by atoms with Crippen molar-refractivity contribution in [1.29, 1.82) is 0 Å². The summed E-state index contributed by atoms with van der Waals surface area (Å²) in [4.78, 5) is 4.70. The van der Waals surface area contributed by atoms with Crippen molar-refractivity contribution in [2.45, 2.75) is 12.8 Å². The van der Waals surface area contributed by atoms with Gasteiger partial charge in [0.25, 0.3) is 0 Å². The van der Waals surface area contributed by atoms with Crippen LogP contribution in [0.5, 0.6) is 5.75 Å². The number of benzene rings is 2. The molecule has 0 N–H and O–H groups in total. The maximum atomic E-state index is 5.38. The van der Waals surface area contributed by atoms with Crippen molar-refractivity contribution >= 4 is 10.9 Å². The van der Waals surface area contributed by atoms with Crippen molar-refractivity contribution in [3.05, 3.63) is 71.9 Å². The molecule has 0 saturated heterocycles. The summed E-state index contributed by atoms with van der Waals surface area (Å²) >= 11 is 0. The Bertz CT molecular complexity index is 721. The van der Waals surface area contributed by atoms with E-state index in [4.69, 9.17) is 9.72 Å². The topological polar surface area (TPSA) is 22.1 Å². The summed E-state index contributed by atoms with van der Waals surface area (Å²) < 4.78 is 5.38. The van der Waals surface area contributed by atoms with E-state index in [1.165, 1.54) is 10.9 Å². The van der Waals surface area contributed by atoms with Crippen LogP contribution in [0.2, 0.25) is 0 Å². The Morgan fingerprint density at radius 2 is 1.65 bits per heavy atom. The van der Waals surface area contributed by atoms with Crippen molar-refractivity contribution in [2.24, 2.45) is 0 Å². The number of pyridine rings is 1. The Hall–Kier alpha value is -2.35. The number of nitrogens with zero attached hydrogens (tertiary/aromatic N) is 1. The van der Waals surface area contributed by atoms with Crippen LogP contribution < -0.4 is 4.74 Å². The van der Waals surface area contributed by atoms with Gasteiger partial charge in [-0.05, 0) is 36.6 Å². The minimum Gasteiger partial charge on any atom is -0.496 e. The van der Waals surface area contributed by atoms with Gasteiger partial charge in [-0.25, -0.2) is 0 Å². The molecule has 0 saturated carbocycles. The van der Waals surface area contributed by atoms with Crippen LogP contribution in [0.1, 0.15) is 11.3 Å². The lowest BCUT2D eigenvalue weighted by Crippen LogP contribution is -1.97. The summed E-state index contributed by atoms with van der Waals surface area (Å²) in [6, 6.07) is 20.6. The molecule has 2 heteroatoms. The first-order valence-electron chi connectivity index (χ1n) is 6.83. The number of fused-ring (bicyclic) bond motifs is 1. The molecule has 3 rings (SSSR count). The number of rotatable bonds is 4. The highest BCUT2D eigenvalue weighted by Crippen LogP contribution is 2.20. The second-order valence-corrected chi connectivity index (χ2v) is 4.81. The Balaban J connectivity index is 1.79. The van der Waals surface area contributed by atoms with Crippen LogP contribution in [0.25, 0.3) is 10.9 Å². The van der Waals surface area contributed by atoms with Gasteiger partial charge in [0.15, 0.2) is 0 Å². The molecule has 0 atom stereocenters. The molecule has 1 heterocycles. The molecule has 0 amide bonds. The lowest BCUT2D eigenvalue weighted by molar-refractivity contribution is 0.409. The summed E-state index contributed by atoms with van der Waals surface area (Å²) in [5, 5.41) is 1.19. The molecular weight excluding hydrogens is 246 g/mol. The van der Waals surface area contributed by atoms with Gasteiger partial charge in [-0.1, -0.05) is 42.5 Å². The second kappa shape index (κ2) is 5.74. The van der Waals surface area contributed by atoms with Crippen molar-refractivity contribution in [3.63, 3.8) is 0 Å². The van der Waals surface area contributed by atoms with Gasteiger partial charge in [-0.3, -0.25) is 4.98 Å². The Morgan fingerprint density at radius 3 is 2.55 bits per heavy atom. The Labute approximate surface area is 119 Å². The van der Waals surface area contributed by atoms with Crippen LogP contribution in [-0.2, 0) is 12.8 Å². The molecule has 100 valence electrons. The molecule has 1 aromatic heterocycles. The van der Waals surface area contributed by atoms with E-state index in [9.17, 15) is 0 Å². The zero-order valence-electron chi connectivity index (χ0n) is 11.5.